The number of rotatable bonds is 37. The van der Waals surface area contributed by atoms with Crippen LogP contribution in [0.3, 0.4) is 0 Å². The standard InChI is InChI=1S/C45H88N2O4/c1-4-7-10-13-16-17-18-21-27-37-50-44(48)34-28-30-42-38-41(39-47(40-42)36-35-46)29-23-22-26-33-45(49)51-43(31-24-19-14-11-8-5-2)32-25-20-15-12-9-6-3/h41-43H,4-40,46H2,1-3H3. The van der Waals surface area contributed by atoms with Gasteiger partial charge in [-0.05, 0) is 76.0 Å². The van der Waals surface area contributed by atoms with E-state index in [2.05, 4.69) is 25.7 Å². The van der Waals surface area contributed by atoms with Gasteiger partial charge < -0.3 is 20.1 Å². The maximum absolute atomic E-state index is 12.8. The molecule has 2 N–H and O–H groups in total. The minimum Gasteiger partial charge on any atom is -0.466 e. The number of carbonyl (C=O) groups is 2. The quantitative estimate of drug-likeness (QED) is 0.0508. The van der Waals surface area contributed by atoms with Gasteiger partial charge in [-0.2, -0.15) is 0 Å². The SMILES string of the molecule is CCCCCCCCCCCOC(=O)CCCC1CC(CCCCCC(=O)OC(CCCCCCCC)CCCCCCCC)CN(CCN)C1. The molecule has 0 aromatic rings. The van der Waals surface area contributed by atoms with Crippen LogP contribution in [0.4, 0.5) is 0 Å². The van der Waals surface area contributed by atoms with Gasteiger partial charge in [-0.3, -0.25) is 9.59 Å². The van der Waals surface area contributed by atoms with Crippen LogP contribution in [0.15, 0.2) is 0 Å². The first-order chi connectivity index (χ1) is 25.0. The number of hydrogen-bond donors (Lipinski definition) is 1. The van der Waals surface area contributed by atoms with Crippen molar-refractivity contribution < 1.29 is 19.1 Å². The lowest BCUT2D eigenvalue weighted by molar-refractivity contribution is -0.150. The summed E-state index contributed by atoms with van der Waals surface area (Å²) in [5, 5.41) is 0. The highest BCUT2D eigenvalue weighted by atomic mass is 16.5. The van der Waals surface area contributed by atoms with Crippen LogP contribution in [-0.2, 0) is 19.1 Å². The fraction of sp³-hybridized carbons (Fsp3) is 0.956. The second kappa shape index (κ2) is 35.9. The molecule has 1 saturated heterocycles. The Morgan fingerprint density at radius 2 is 1.02 bits per heavy atom. The molecule has 302 valence electrons. The molecule has 2 atom stereocenters. The van der Waals surface area contributed by atoms with Crippen LogP contribution in [0, 0.1) is 11.8 Å². The van der Waals surface area contributed by atoms with Crippen LogP contribution in [0.5, 0.6) is 0 Å². The average Bonchev–Trinajstić information content (AvgIpc) is 3.11. The van der Waals surface area contributed by atoms with Gasteiger partial charge in [-0.1, -0.05) is 149 Å². The summed E-state index contributed by atoms with van der Waals surface area (Å²) in [6.45, 7) is 11.3. The Morgan fingerprint density at radius 3 is 1.55 bits per heavy atom. The summed E-state index contributed by atoms with van der Waals surface area (Å²) in [4.78, 5) is 27.8. The average molecular weight is 721 g/mol. The number of unbranched alkanes of at least 4 members (excludes halogenated alkanes) is 20. The number of carbonyl (C=O) groups excluding carboxylic acids is 2. The summed E-state index contributed by atoms with van der Waals surface area (Å²) in [5.74, 6) is 1.32. The highest BCUT2D eigenvalue weighted by Crippen LogP contribution is 2.29. The van der Waals surface area contributed by atoms with Crippen LogP contribution in [0.2, 0.25) is 0 Å². The van der Waals surface area contributed by atoms with Gasteiger partial charge in [0.1, 0.15) is 6.10 Å². The molecule has 6 heteroatoms. The molecule has 1 aliphatic heterocycles. The second-order valence-corrected chi connectivity index (χ2v) is 16.3. The predicted molar refractivity (Wildman–Crippen MR) is 218 cm³/mol. The Hall–Kier alpha value is -1.14. The molecule has 0 radical (unpaired) electrons. The van der Waals surface area contributed by atoms with E-state index in [0.29, 0.717) is 37.8 Å². The Labute approximate surface area is 317 Å². The lowest BCUT2D eigenvalue weighted by Gasteiger charge is -2.38. The number of hydrogen-bond acceptors (Lipinski definition) is 6. The monoisotopic (exact) mass is 721 g/mol. The molecule has 1 rings (SSSR count). The Kier molecular flexibility index (Phi) is 33.7. The van der Waals surface area contributed by atoms with E-state index in [1.54, 1.807) is 0 Å². The first-order valence-electron chi connectivity index (χ1n) is 22.8. The Bertz CT molecular complexity index is 761. The molecule has 0 saturated carbocycles. The molecule has 0 aromatic carbocycles. The number of likely N-dealkylation sites (tertiary alicyclic amines) is 1. The fourth-order valence-electron chi connectivity index (χ4n) is 8.11. The third-order valence-corrected chi connectivity index (χ3v) is 11.2. The number of ether oxygens (including phenoxy) is 2. The van der Waals surface area contributed by atoms with Gasteiger partial charge in [0.05, 0.1) is 6.61 Å². The van der Waals surface area contributed by atoms with Crippen molar-refractivity contribution in [3.05, 3.63) is 0 Å². The molecule has 0 aliphatic carbocycles. The second-order valence-electron chi connectivity index (χ2n) is 16.3. The van der Waals surface area contributed by atoms with Gasteiger partial charge in [-0.25, -0.2) is 0 Å². The molecule has 51 heavy (non-hydrogen) atoms. The smallest absolute Gasteiger partial charge is 0.306 e. The molecule has 1 fully saturated rings. The van der Waals surface area contributed by atoms with Crippen molar-refractivity contribution in [2.24, 2.45) is 17.6 Å². The third kappa shape index (κ3) is 29.9. The van der Waals surface area contributed by atoms with E-state index >= 15 is 0 Å². The molecule has 0 amide bonds. The summed E-state index contributed by atoms with van der Waals surface area (Å²) >= 11 is 0. The topological polar surface area (TPSA) is 81.9 Å². The van der Waals surface area contributed by atoms with Crippen LogP contribution < -0.4 is 5.73 Å². The predicted octanol–water partition coefficient (Wildman–Crippen LogP) is 12.5. The van der Waals surface area contributed by atoms with E-state index in [0.717, 1.165) is 64.6 Å². The molecule has 0 bridgehead atoms. The molecule has 1 aliphatic rings. The lowest BCUT2D eigenvalue weighted by Crippen LogP contribution is -2.42. The third-order valence-electron chi connectivity index (χ3n) is 11.2. The summed E-state index contributed by atoms with van der Waals surface area (Å²) in [6, 6.07) is 0. The fourth-order valence-corrected chi connectivity index (χ4v) is 8.11. The van der Waals surface area contributed by atoms with Crippen molar-refractivity contribution in [2.45, 2.75) is 232 Å². The first-order valence-corrected chi connectivity index (χ1v) is 22.8. The molecule has 0 aromatic heterocycles. The summed E-state index contributed by atoms with van der Waals surface area (Å²) in [5.41, 5.74) is 5.96. The highest BCUT2D eigenvalue weighted by molar-refractivity contribution is 5.69. The van der Waals surface area contributed by atoms with Gasteiger partial charge in [0.15, 0.2) is 0 Å². The zero-order valence-electron chi connectivity index (χ0n) is 34.6. The number of nitrogens with two attached hydrogens (primary N) is 1. The minimum atomic E-state index is -0.0181. The number of esters is 2. The highest BCUT2D eigenvalue weighted by Gasteiger charge is 2.26. The van der Waals surface area contributed by atoms with Crippen molar-refractivity contribution in [3.8, 4) is 0 Å². The normalized spacial score (nSPS) is 16.6. The van der Waals surface area contributed by atoms with Crippen LogP contribution in [0.25, 0.3) is 0 Å². The Balaban J connectivity index is 2.28. The van der Waals surface area contributed by atoms with E-state index in [9.17, 15) is 9.59 Å². The first kappa shape index (κ1) is 47.9. The molecular formula is C45H88N2O4. The van der Waals surface area contributed by atoms with Gasteiger partial charge in [0.2, 0.25) is 0 Å². The van der Waals surface area contributed by atoms with E-state index in [-0.39, 0.29) is 18.0 Å². The van der Waals surface area contributed by atoms with Crippen LogP contribution >= 0.6 is 0 Å². The van der Waals surface area contributed by atoms with E-state index in [1.165, 1.54) is 148 Å². The van der Waals surface area contributed by atoms with Crippen molar-refractivity contribution >= 4 is 11.9 Å². The number of nitrogens with zero attached hydrogens (tertiary/aromatic N) is 1. The molecule has 6 nitrogen and oxygen atoms in total. The molecule has 1 heterocycles. The molecule has 0 spiro atoms. The maximum Gasteiger partial charge on any atom is 0.306 e. The van der Waals surface area contributed by atoms with Crippen molar-refractivity contribution in [1.82, 2.24) is 4.90 Å². The zero-order chi connectivity index (χ0) is 37.0. The van der Waals surface area contributed by atoms with Crippen molar-refractivity contribution in [3.63, 3.8) is 0 Å². The minimum absolute atomic E-state index is 0.0181. The van der Waals surface area contributed by atoms with Gasteiger partial charge >= 0.3 is 11.9 Å². The van der Waals surface area contributed by atoms with Crippen LogP contribution in [0.1, 0.15) is 226 Å². The summed E-state index contributed by atoms with van der Waals surface area (Å²) in [6.07, 6.45) is 37.9. The zero-order valence-corrected chi connectivity index (χ0v) is 34.6. The van der Waals surface area contributed by atoms with Crippen LogP contribution in [-0.4, -0.2) is 55.7 Å². The summed E-state index contributed by atoms with van der Waals surface area (Å²) in [7, 11) is 0. The number of piperidine rings is 1. The maximum atomic E-state index is 12.8. The van der Waals surface area contributed by atoms with E-state index in [4.69, 9.17) is 15.2 Å². The lowest BCUT2D eigenvalue weighted by atomic mass is 9.83. The summed E-state index contributed by atoms with van der Waals surface area (Å²) < 4.78 is 11.6. The van der Waals surface area contributed by atoms with E-state index < -0.39 is 0 Å². The molecular weight excluding hydrogens is 633 g/mol. The van der Waals surface area contributed by atoms with Gasteiger partial charge in [0, 0.05) is 39.0 Å². The Morgan fingerprint density at radius 1 is 0.569 bits per heavy atom. The largest absolute Gasteiger partial charge is 0.466 e. The van der Waals surface area contributed by atoms with E-state index in [1.807, 2.05) is 0 Å². The van der Waals surface area contributed by atoms with Gasteiger partial charge in [-0.15, -0.1) is 0 Å². The van der Waals surface area contributed by atoms with Gasteiger partial charge in [0.25, 0.3) is 0 Å². The van der Waals surface area contributed by atoms with Crippen molar-refractivity contribution in [2.75, 3.05) is 32.8 Å². The molecule has 2 unspecified atom stereocenters. The van der Waals surface area contributed by atoms with Crippen molar-refractivity contribution in [1.29, 1.82) is 0 Å².